The molecule has 1 saturated heterocycles. The van der Waals surface area contributed by atoms with Crippen molar-refractivity contribution in [1.82, 2.24) is 4.90 Å². The van der Waals surface area contributed by atoms with Gasteiger partial charge in [-0.05, 0) is 18.6 Å². The van der Waals surface area contributed by atoms with E-state index in [1.807, 2.05) is 6.92 Å². The van der Waals surface area contributed by atoms with Gasteiger partial charge in [0.1, 0.15) is 6.04 Å². The summed E-state index contributed by atoms with van der Waals surface area (Å²) in [6, 6.07) is 2.01. The Morgan fingerprint density at radius 2 is 1.95 bits per heavy atom. The van der Waals surface area contributed by atoms with Crippen LogP contribution in [0.15, 0.2) is 12.1 Å². The highest BCUT2D eigenvalue weighted by molar-refractivity contribution is 6.35. The monoisotopic (exact) mass is 318 g/mol. The summed E-state index contributed by atoms with van der Waals surface area (Å²) >= 11 is 11.4. The Morgan fingerprint density at radius 1 is 1.35 bits per heavy atom. The average molecular weight is 319 g/mol. The zero-order valence-corrected chi connectivity index (χ0v) is 12.3. The van der Waals surface area contributed by atoms with Crippen molar-refractivity contribution in [2.75, 3.05) is 11.9 Å². The summed E-state index contributed by atoms with van der Waals surface area (Å²) in [7, 11) is 0. The molecule has 0 spiro atoms. The third-order valence-electron chi connectivity index (χ3n) is 3.02. The molecule has 1 unspecified atom stereocenters. The van der Waals surface area contributed by atoms with Crippen molar-refractivity contribution in [1.29, 1.82) is 0 Å². The Morgan fingerprint density at radius 3 is 2.50 bits per heavy atom. The number of rotatable bonds is 4. The molecule has 4 nitrogen and oxygen atoms in total. The summed E-state index contributed by atoms with van der Waals surface area (Å²) in [6.07, 6.45) is 0.782. The fourth-order valence-electron chi connectivity index (χ4n) is 2.09. The Balaban J connectivity index is 2.15. The number of imide groups is 1. The topological polar surface area (TPSA) is 49.4 Å². The van der Waals surface area contributed by atoms with Crippen molar-refractivity contribution in [3.63, 3.8) is 0 Å². The molecule has 1 aliphatic heterocycles. The second kappa shape index (κ2) is 5.97. The third kappa shape index (κ3) is 2.88. The molecule has 2 rings (SSSR count). The molecule has 1 aromatic carbocycles. The van der Waals surface area contributed by atoms with Crippen molar-refractivity contribution in [2.45, 2.75) is 25.8 Å². The van der Waals surface area contributed by atoms with Crippen LogP contribution in [0.5, 0.6) is 0 Å². The van der Waals surface area contributed by atoms with E-state index >= 15 is 0 Å². The first-order valence-electron chi connectivity index (χ1n) is 6.19. The number of halogens is 3. The van der Waals surface area contributed by atoms with Gasteiger partial charge in [-0.15, -0.1) is 0 Å². The van der Waals surface area contributed by atoms with E-state index in [-0.39, 0.29) is 28.3 Å². The van der Waals surface area contributed by atoms with Gasteiger partial charge in [-0.2, -0.15) is 0 Å². The van der Waals surface area contributed by atoms with E-state index in [0.29, 0.717) is 18.7 Å². The van der Waals surface area contributed by atoms with Gasteiger partial charge in [0.15, 0.2) is 5.82 Å². The van der Waals surface area contributed by atoms with Crippen LogP contribution in [0, 0.1) is 5.82 Å². The predicted molar refractivity (Wildman–Crippen MR) is 75.5 cm³/mol. The van der Waals surface area contributed by atoms with Gasteiger partial charge in [0.25, 0.3) is 5.91 Å². The van der Waals surface area contributed by atoms with Gasteiger partial charge in [-0.1, -0.05) is 30.1 Å². The molecule has 1 aromatic rings. The average Bonchev–Trinajstić information content (AvgIpc) is 2.64. The maximum Gasteiger partial charge on any atom is 0.252 e. The SMILES string of the molecule is CCCN1C(=O)CC(Nc2cc(Cl)c(F)c(Cl)c2)C1=O. The van der Waals surface area contributed by atoms with E-state index in [2.05, 4.69) is 5.32 Å². The molecule has 0 aliphatic carbocycles. The van der Waals surface area contributed by atoms with Crippen LogP contribution < -0.4 is 5.32 Å². The Bertz CT molecular complexity index is 542. The molecule has 0 radical (unpaired) electrons. The summed E-state index contributed by atoms with van der Waals surface area (Å²) in [5, 5.41) is 2.60. The highest BCUT2D eigenvalue weighted by Crippen LogP contribution is 2.28. The highest BCUT2D eigenvalue weighted by atomic mass is 35.5. The fraction of sp³-hybridized carbons (Fsp3) is 0.385. The number of nitrogens with one attached hydrogen (secondary N) is 1. The third-order valence-corrected chi connectivity index (χ3v) is 3.57. The van der Waals surface area contributed by atoms with Crippen LogP contribution in [0.1, 0.15) is 19.8 Å². The number of carbonyl (C=O) groups excluding carboxylic acids is 2. The van der Waals surface area contributed by atoms with Crippen LogP contribution in [0.25, 0.3) is 0 Å². The maximum absolute atomic E-state index is 13.3. The number of likely N-dealkylation sites (tertiary alicyclic amines) is 1. The van der Waals surface area contributed by atoms with Crippen molar-refractivity contribution in [2.24, 2.45) is 0 Å². The lowest BCUT2D eigenvalue weighted by Crippen LogP contribution is -2.35. The molecule has 0 saturated carbocycles. The minimum atomic E-state index is -0.708. The minimum absolute atomic E-state index is 0.0748. The molecule has 20 heavy (non-hydrogen) atoms. The lowest BCUT2D eigenvalue weighted by molar-refractivity contribution is -0.138. The summed E-state index contributed by atoms with van der Waals surface area (Å²) in [5.74, 6) is -1.21. The predicted octanol–water partition coefficient (Wildman–Crippen LogP) is 3.08. The molecular formula is C13H13Cl2FN2O2. The van der Waals surface area contributed by atoms with E-state index in [4.69, 9.17) is 23.2 Å². The normalized spacial score (nSPS) is 18.8. The Labute approximate surface area is 125 Å². The first-order valence-corrected chi connectivity index (χ1v) is 6.95. The van der Waals surface area contributed by atoms with Crippen molar-refractivity contribution >= 4 is 40.7 Å². The second-order valence-electron chi connectivity index (χ2n) is 4.54. The number of benzene rings is 1. The Hall–Kier alpha value is -1.33. The van der Waals surface area contributed by atoms with E-state index in [9.17, 15) is 14.0 Å². The van der Waals surface area contributed by atoms with Crippen LogP contribution in [-0.4, -0.2) is 29.3 Å². The quantitative estimate of drug-likeness (QED) is 0.685. The van der Waals surface area contributed by atoms with Crippen molar-refractivity contribution in [3.8, 4) is 0 Å². The van der Waals surface area contributed by atoms with Crippen LogP contribution in [-0.2, 0) is 9.59 Å². The van der Waals surface area contributed by atoms with Crippen LogP contribution >= 0.6 is 23.2 Å². The van der Waals surface area contributed by atoms with E-state index in [1.54, 1.807) is 0 Å². The number of hydrogen-bond donors (Lipinski definition) is 1. The molecule has 1 N–H and O–H groups in total. The van der Waals surface area contributed by atoms with Gasteiger partial charge in [0.2, 0.25) is 5.91 Å². The van der Waals surface area contributed by atoms with Gasteiger partial charge < -0.3 is 5.32 Å². The molecule has 2 amide bonds. The van der Waals surface area contributed by atoms with E-state index in [0.717, 1.165) is 0 Å². The van der Waals surface area contributed by atoms with Crippen molar-refractivity contribution < 1.29 is 14.0 Å². The molecule has 0 bridgehead atoms. The standard InChI is InChI=1S/C13H13Cl2FN2O2/c1-2-3-18-11(19)6-10(13(18)20)17-7-4-8(14)12(16)9(15)5-7/h4-5,10,17H,2-3,6H2,1H3. The lowest BCUT2D eigenvalue weighted by Gasteiger charge is -2.15. The molecule has 108 valence electrons. The van der Waals surface area contributed by atoms with Crippen LogP contribution in [0.2, 0.25) is 10.0 Å². The number of amides is 2. The first kappa shape index (κ1) is 15.1. The highest BCUT2D eigenvalue weighted by Gasteiger charge is 2.37. The zero-order valence-electron chi connectivity index (χ0n) is 10.8. The molecule has 1 atom stereocenters. The molecule has 1 fully saturated rings. The Kier molecular flexibility index (Phi) is 4.50. The van der Waals surface area contributed by atoms with Gasteiger partial charge in [0.05, 0.1) is 16.5 Å². The molecule has 1 aliphatic rings. The number of hydrogen-bond acceptors (Lipinski definition) is 3. The summed E-state index contributed by atoms with van der Waals surface area (Å²) < 4.78 is 13.3. The molecule has 7 heteroatoms. The molecule has 1 heterocycles. The fourth-order valence-corrected chi connectivity index (χ4v) is 2.58. The zero-order chi connectivity index (χ0) is 14.9. The number of anilines is 1. The maximum atomic E-state index is 13.3. The lowest BCUT2D eigenvalue weighted by atomic mass is 10.2. The minimum Gasteiger partial charge on any atom is -0.373 e. The van der Waals surface area contributed by atoms with E-state index < -0.39 is 11.9 Å². The van der Waals surface area contributed by atoms with Crippen molar-refractivity contribution in [3.05, 3.63) is 28.0 Å². The van der Waals surface area contributed by atoms with Gasteiger partial charge in [-0.25, -0.2) is 4.39 Å². The van der Waals surface area contributed by atoms with Gasteiger partial charge in [0, 0.05) is 12.2 Å². The largest absolute Gasteiger partial charge is 0.373 e. The smallest absolute Gasteiger partial charge is 0.252 e. The summed E-state index contributed by atoms with van der Waals surface area (Å²) in [6.45, 7) is 2.29. The summed E-state index contributed by atoms with van der Waals surface area (Å²) in [4.78, 5) is 25.0. The van der Waals surface area contributed by atoms with E-state index in [1.165, 1.54) is 17.0 Å². The summed E-state index contributed by atoms with van der Waals surface area (Å²) in [5.41, 5.74) is 0.408. The second-order valence-corrected chi connectivity index (χ2v) is 5.35. The number of nitrogens with zero attached hydrogens (tertiary/aromatic N) is 1. The molecular weight excluding hydrogens is 306 g/mol. The first-order chi connectivity index (χ1) is 9.43. The van der Waals surface area contributed by atoms with Crippen LogP contribution in [0.3, 0.4) is 0 Å². The van der Waals surface area contributed by atoms with Gasteiger partial charge in [-0.3, -0.25) is 14.5 Å². The number of carbonyl (C=O) groups is 2. The molecule has 0 aromatic heterocycles. The van der Waals surface area contributed by atoms with Crippen LogP contribution in [0.4, 0.5) is 10.1 Å². The van der Waals surface area contributed by atoms with Gasteiger partial charge >= 0.3 is 0 Å².